The second-order valence-corrected chi connectivity index (χ2v) is 7.11. The first-order valence-electron chi connectivity index (χ1n) is 9.16. The molecule has 0 unspecified atom stereocenters. The van der Waals surface area contributed by atoms with Crippen molar-refractivity contribution in [3.8, 4) is 22.9 Å². The van der Waals surface area contributed by atoms with Gasteiger partial charge in [-0.1, -0.05) is 35.3 Å². The molecule has 2 aromatic carbocycles. The van der Waals surface area contributed by atoms with Crippen molar-refractivity contribution in [3.05, 3.63) is 75.3 Å². The van der Waals surface area contributed by atoms with Gasteiger partial charge in [0.05, 0.1) is 34.0 Å². The Balaban J connectivity index is 2.16. The Hall–Kier alpha value is -3.55. The Labute approximate surface area is 192 Å². The fourth-order valence-corrected chi connectivity index (χ4v) is 3.51. The number of halogens is 2. The zero-order chi connectivity index (χ0) is 23.3. The molecule has 0 bridgehead atoms. The van der Waals surface area contributed by atoms with Gasteiger partial charge in [-0.05, 0) is 36.4 Å². The normalized spacial score (nSPS) is 10.3. The van der Waals surface area contributed by atoms with E-state index in [1.54, 1.807) is 12.1 Å². The minimum Gasteiger partial charge on any atom is -0.485 e. The molecule has 0 saturated carbocycles. The standard InChI is InChI=1S/C23H15Cl2NO6/c1-31-23-13(12-28)6-8-17(26-23)19-18(32-11-10-27)9-7-15(20(19)25)22(30)21(29)14-4-2-3-5-16(14)24/h2-10,12H,11H2,1H3. The number of pyridine rings is 1. The summed E-state index contributed by atoms with van der Waals surface area (Å²) in [5.74, 6) is -1.55. The number of carbonyl (C=O) groups is 4. The predicted molar refractivity (Wildman–Crippen MR) is 118 cm³/mol. The summed E-state index contributed by atoms with van der Waals surface area (Å²) in [6, 6.07) is 11.8. The molecule has 0 aliphatic heterocycles. The molecule has 7 nitrogen and oxygen atoms in total. The highest BCUT2D eigenvalue weighted by Gasteiger charge is 2.26. The Bertz CT molecular complexity index is 1230. The van der Waals surface area contributed by atoms with Crippen LogP contribution in [-0.2, 0) is 4.79 Å². The highest BCUT2D eigenvalue weighted by molar-refractivity contribution is 6.54. The lowest BCUT2D eigenvalue weighted by Gasteiger charge is -2.15. The number of rotatable bonds is 9. The van der Waals surface area contributed by atoms with Crippen LogP contribution in [0.4, 0.5) is 0 Å². The van der Waals surface area contributed by atoms with Crippen LogP contribution in [0.15, 0.2) is 48.5 Å². The SMILES string of the molecule is COc1nc(-c2c(OCC=O)ccc(C(=O)C(=O)c3ccccc3Cl)c2Cl)ccc1C=O. The van der Waals surface area contributed by atoms with E-state index in [4.69, 9.17) is 32.7 Å². The van der Waals surface area contributed by atoms with Crippen molar-refractivity contribution in [2.75, 3.05) is 13.7 Å². The van der Waals surface area contributed by atoms with Gasteiger partial charge in [-0.25, -0.2) is 4.98 Å². The molecule has 0 radical (unpaired) electrons. The molecule has 0 aliphatic rings. The van der Waals surface area contributed by atoms with Gasteiger partial charge in [0, 0.05) is 11.1 Å². The minimum atomic E-state index is -0.886. The Morgan fingerprint density at radius 2 is 1.69 bits per heavy atom. The molecule has 3 aromatic rings. The van der Waals surface area contributed by atoms with Gasteiger partial charge in [-0.2, -0.15) is 0 Å². The summed E-state index contributed by atoms with van der Waals surface area (Å²) >= 11 is 12.6. The van der Waals surface area contributed by atoms with E-state index in [1.165, 1.54) is 43.5 Å². The van der Waals surface area contributed by atoms with E-state index in [2.05, 4.69) is 4.98 Å². The molecule has 162 valence electrons. The number of ketones is 2. The fourth-order valence-electron chi connectivity index (χ4n) is 2.95. The Morgan fingerprint density at radius 1 is 0.969 bits per heavy atom. The molecule has 9 heteroatoms. The maximum Gasteiger partial charge on any atom is 0.235 e. The van der Waals surface area contributed by atoms with Crippen molar-refractivity contribution in [3.63, 3.8) is 0 Å². The molecular weight excluding hydrogens is 457 g/mol. The molecule has 1 heterocycles. The molecule has 0 N–H and O–H groups in total. The summed E-state index contributed by atoms with van der Waals surface area (Å²) in [5, 5.41) is 0.0104. The molecule has 0 aliphatic carbocycles. The maximum absolute atomic E-state index is 13.0. The number of Topliss-reactive ketones (excluding diaryl/α,β-unsaturated/α-hetero) is 2. The second kappa shape index (κ2) is 10.2. The topological polar surface area (TPSA) is 99.6 Å². The van der Waals surface area contributed by atoms with E-state index in [9.17, 15) is 19.2 Å². The van der Waals surface area contributed by atoms with Gasteiger partial charge in [0.15, 0.2) is 12.6 Å². The van der Waals surface area contributed by atoms with Crippen LogP contribution in [0.2, 0.25) is 10.0 Å². The number of nitrogens with zero attached hydrogens (tertiary/aromatic N) is 1. The van der Waals surface area contributed by atoms with Crippen molar-refractivity contribution in [2.45, 2.75) is 0 Å². The van der Waals surface area contributed by atoms with Crippen molar-refractivity contribution >= 4 is 47.3 Å². The molecule has 0 atom stereocenters. The van der Waals surface area contributed by atoms with Crippen LogP contribution in [-0.4, -0.2) is 42.8 Å². The average molecular weight is 472 g/mol. The van der Waals surface area contributed by atoms with E-state index >= 15 is 0 Å². The number of aromatic nitrogens is 1. The smallest absolute Gasteiger partial charge is 0.235 e. The lowest BCUT2D eigenvalue weighted by atomic mass is 9.98. The van der Waals surface area contributed by atoms with Gasteiger partial charge < -0.3 is 9.47 Å². The molecule has 0 spiro atoms. The number of hydrogen-bond donors (Lipinski definition) is 0. The first-order chi connectivity index (χ1) is 15.4. The monoisotopic (exact) mass is 471 g/mol. The molecule has 0 amide bonds. The van der Waals surface area contributed by atoms with Gasteiger partial charge in [-0.15, -0.1) is 0 Å². The minimum absolute atomic E-state index is 0.0266. The van der Waals surface area contributed by atoms with Crippen molar-refractivity contribution < 1.29 is 28.7 Å². The van der Waals surface area contributed by atoms with Gasteiger partial charge in [0.1, 0.15) is 12.4 Å². The van der Waals surface area contributed by atoms with Crippen LogP contribution in [0.25, 0.3) is 11.3 Å². The second-order valence-electron chi connectivity index (χ2n) is 6.33. The van der Waals surface area contributed by atoms with E-state index in [-0.39, 0.29) is 56.2 Å². The third-order valence-corrected chi connectivity index (χ3v) is 5.17. The van der Waals surface area contributed by atoms with Crippen molar-refractivity contribution in [1.82, 2.24) is 4.98 Å². The molecule has 0 saturated heterocycles. The van der Waals surface area contributed by atoms with Crippen LogP contribution in [0.5, 0.6) is 11.6 Å². The van der Waals surface area contributed by atoms with Gasteiger partial charge >= 0.3 is 0 Å². The van der Waals surface area contributed by atoms with Crippen LogP contribution < -0.4 is 9.47 Å². The summed E-state index contributed by atoms with van der Waals surface area (Å²) in [6.07, 6.45) is 1.12. The highest BCUT2D eigenvalue weighted by Crippen LogP contribution is 2.39. The Kier molecular flexibility index (Phi) is 7.35. The average Bonchev–Trinajstić information content (AvgIpc) is 2.81. The Morgan fingerprint density at radius 3 is 2.34 bits per heavy atom. The fraction of sp³-hybridized carbons (Fsp3) is 0.0870. The summed E-state index contributed by atoms with van der Waals surface area (Å²) < 4.78 is 10.6. The maximum atomic E-state index is 13.0. The van der Waals surface area contributed by atoms with E-state index in [0.29, 0.717) is 12.6 Å². The lowest BCUT2D eigenvalue weighted by molar-refractivity contribution is -0.109. The number of benzene rings is 2. The van der Waals surface area contributed by atoms with Gasteiger partial charge in [0.2, 0.25) is 17.4 Å². The molecule has 32 heavy (non-hydrogen) atoms. The quantitative estimate of drug-likeness (QED) is 0.257. The van der Waals surface area contributed by atoms with Crippen LogP contribution >= 0.6 is 23.2 Å². The zero-order valence-electron chi connectivity index (χ0n) is 16.6. The predicted octanol–water partition coefficient (Wildman–Crippen LogP) is 4.52. The number of hydrogen-bond acceptors (Lipinski definition) is 7. The molecule has 1 aromatic heterocycles. The van der Waals surface area contributed by atoms with E-state index in [1.807, 2.05) is 0 Å². The number of methoxy groups -OCH3 is 1. The van der Waals surface area contributed by atoms with Crippen LogP contribution in [0.1, 0.15) is 31.1 Å². The zero-order valence-corrected chi connectivity index (χ0v) is 18.1. The largest absolute Gasteiger partial charge is 0.485 e. The molecular formula is C23H15Cl2NO6. The summed E-state index contributed by atoms with van der Waals surface area (Å²) in [7, 11) is 1.34. The van der Waals surface area contributed by atoms with Crippen molar-refractivity contribution in [2.24, 2.45) is 0 Å². The van der Waals surface area contributed by atoms with Crippen LogP contribution in [0.3, 0.4) is 0 Å². The third-order valence-electron chi connectivity index (χ3n) is 4.45. The highest BCUT2D eigenvalue weighted by atomic mass is 35.5. The molecule has 0 fully saturated rings. The number of ether oxygens (including phenoxy) is 2. The number of aldehydes is 2. The third kappa shape index (κ3) is 4.54. The number of carbonyl (C=O) groups excluding carboxylic acids is 4. The van der Waals surface area contributed by atoms with E-state index in [0.717, 1.165) is 0 Å². The van der Waals surface area contributed by atoms with Gasteiger partial charge in [-0.3, -0.25) is 19.2 Å². The van der Waals surface area contributed by atoms with Crippen LogP contribution in [0, 0.1) is 0 Å². The van der Waals surface area contributed by atoms with E-state index < -0.39 is 11.6 Å². The van der Waals surface area contributed by atoms with Gasteiger partial charge in [0.25, 0.3) is 0 Å². The summed E-state index contributed by atoms with van der Waals surface area (Å²) in [4.78, 5) is 52.0. The first-order valence-corrected chi connectivity index (χ1v) is 9.91. The first kappa shape index (κ1) is 23.1. The molecule has 3 rings (SSSR count). The lowest BCUT2D eigenvalue weighted by Crippen LogP contribution is -2.16. The summed E-state index contributed by atoms with van der Waals surface area (Å²) in [5.41, 5.74) is 0.489. The van der Waals surface area contributed by atoms with Crippen molar-refractivity contribution in [1.29, 1.82) is 0 Å². The summed E-state index contributed by atoms with van der Waals surface area (Å²) in [6.45, 7) is -0.279.